The number of benzene rings is 3. The molecule has 0 bridgehead atoms. The van der Waals surface area contributed by atoms with Gasteiger partial charge in [-0.15, -0.1) is 0 Å². The van der Waals surface area contributed by atoms with Crippen LogP contribution in [0.2, 0.25) is 0 Å². The highest BCUT2D eigenvalue weighted by molar-refractivity contribution is 7.92. The molecular formula is C29H31N3O4S. The van der Waals surface area contributed by atoms with Crippen molar-refractivity contribution in [2.75, 3.05) is 18.0 Å². The summed E-state index contributed by atoms with van der Waals surface area (Å²) in [5, 5.41) is 11.4. The van der Waals surface area contributed by atoms with Crippen molar-refractivity contribution in [1.29, 1.82) is 0 Å². The summed E-state index contributed by atoms with van der Waals surface area (Å²) in [6.07, 6.45) is 6.30. The monoisotopic (exact) mass is 517 g/mol. The number of ether oxygens (including phenoxy) is 1. The maximum absolute atomic E-state index is 13.7. The van der Waals surface area contributed by atoms with Crippen molar-refractivity contribution in [3.63, 3.8) is 0 Å². The Morgan fingerprint density at radius 1 is 1.03 bits per heavy atom. The minimum atomic E-state index is -3.92. The molecule has 5 rings (SSSR count). The van der Waals surface area contributed by atoms with Crippen LogP contribution in [0.1, 0.15) is 31.0 Å². The Hall–Kier alpha value is -3.62. The van der Waals surface area contributed by atoms with E-state index < -0.39 is 16.1 Å². The number of aromatic nitrogens is 2. The highest BCUT2D eigenvalue weighted by atomic mass is 32.2. The van der Waals surface area contributed by atoms with Crippen LogP contribution in [0.4, 0.5) is 5.69 Å². The molecule has 0 spiro atoms. The molecule has 0 radical (unpaired) electrons. The molecule has 1 aromatic heterocycles. The van der Waals surface area contributed by atoms with Crippen LogP contribution in [0, 0.1) is 0 Å². The maximum atomic E-state index is 13.7. The highest BCUT2D eigenvalue weighted by Gasteiger charge is 2.29. The second-order valence-corrected chi connectivity index (χ2v) is 11.1. The summed E-state index contributed by atoms with van der Waals surface area (Å²) in [7, 11) is -2.36. The Labute approximate surface area is 217 Å². The zero-order valence-electron chi connectivity index (χ0n) is 20.8. The second kappa shape index (κ2) is 10.8. The highest BCUT2D eigenvalue weighted by Crippen LogP contribution is 2.32. The van der Waals surface area contributed by atoms with E-state index in [9.17, 15) is 13.5 Å². The SMILES string of the molecule is COc1ccc(N(C[C@@H](O)Cn2c([C@@H]3CC=CCC3)nc3ccccc32)S(=O)(=O)c2ccccc2)cc1. The number of anilines is 1. The molecule has 37 heavy (non-hydrogen) atoms. The van der Waals surface area contributed by atoms with E-state index in [-0.39, 0.29) is 23.9 Å². The Morgan fingerprint density at radius 3 is 2.46 bits per heavy atom. The van der Waals surface area contributed by atoms with E-state index in [4.69, 9.17) is 9.72 Å². The van der Waals surface area contributed by atoms with Gasteiger partial charge in [-0.05, 0) is 67.8 Å². The van der Waals surface area contributed by atoms with Crippen LogP contribution in [0.25, 0.3) is 11.0 Å². The molecule has 4 aromatic rings. The fourth-order valence-electron chi connectivity index (χ4n) is 4.90. The second-order valence-electron chi connectivity index (χ2n) is 9.25. The topological polar surface area (TPSA) is 84.7 Å². The van der Waals surface area contributed by atoms with Gasteiger partial charge in [0.15, 0.2) is 0 Å². The number of para-hydroxylation sites is 2. The smallest absolute Gasteiger partial charge is 0.264 e. The number of methoxy groups -OCH3 is 1. The van der Waals surface area contributed by atoms with Crippen molar-refractivity contribution in [3.8, 4) is 5.75 Å². The predicted molar refractivity (Wildman–Crippen MR) is 145 cm³/mol. The summed E-state index contributed by atoms with van der Waals surface area (Å²) >= 11 is 0. The fourth-order valence-corrected chi connectivity index (χ4v) is 6.42. The summed E-state index contributed by atoms with van der Waals surface area (Å²) in [4.78, 5) is 5.08. The largest absolute Gasteiger partial charge is 0.497 e. The van der Waals surface area contributed by atoms with Crippen molar-refractivity contribution in [2.24, 2.45) is 0 Å². The van der Waals surface area contributed by atoms with Gasteiger partial charge in [-0.2, -0.15) is 0 Å². The third kappa shape index (κ3) is 5.26. The Balaban J connectivity index is 1.49. The lowest BCUT2D eigenvalue weighted by molar-refractivity contribution is 0.162. The molecule has 1 N–H and O–H groups in total. The van der Waals surface area contributed by atoms with Gasteiger partial charge in [0.05, 0.1) is 47.9 Å². The summed E-state index contributed by atoms with van der Waals surface area (Å²) < 4.78 is 36.0. The van der Waals surface area contributed by atoms with Gasteiger partial charge in [0.2, 0.25) is 0 Å². The molecule has 8 heteroatoms. The molecule has 7 nitrogen and oxygen atoms in total. The quantitative estimate of drug-likeness (QED) is 0.311. The molecule has 0 unspecified atom stereocenters. The van der Waals surface area contributed by atoms with Crippen LogP contribution in [-0.4, -0.2) is 42.8 Å². The number of sulfonamides is 1. The van der Waals surface area contributed by atoms with Crippen molar-refractivity contribution in [3.05, 3.63) is 96.8 Å². The number of allylic oxidation sites excluding steroid dienone is 2. The summed E-state index contributed by atoms with van der Waals surface area (Å²) in [5.74, 6) is 1.82. The first kappa shape index (κ1) is 25.0. The lowest BCUT2D eigenvalue weighted by Gasteiger charge is -2.28. The molecule has 0 amide bonds. The van der Waals surface area contributed by atoms with Gasteiger partial charge in [-0.25, -0.2) is 13.4 Å². The summed E-state index contributed by atoms with van der Waals surface area (Å²) in [6, 6.07) is 23.0. The van der Waals surface area contributed by atoms with Crippen LogP contribution in [0.3, 0.4) is 0 Å². The van der Waals surface area contributed by atoms with Gasteiger partial charge < -0.3 is 14.4 Å². The normalized spacial score (nSPS) is 16.5. The molecule has 1 aliphatic rings. The van der Waals surface area contributed by atoms with Crippen molar-refractivity contribution >= 4 is 26.7 Å². The van der Waals surface area contributed by atoms with Gasteiger partial charge in [-0.1, -0.05) is 42.5 Å². The van der Waals surface area contributed by atoms with E-state index in [2.05, 4.69) is 16.7 Å². The number of imidazole rings is 1. The van der Waals surface area contributed by atoms with E-state index in [0.29, 0.717) is 11.4 Å². The third-order valence-corrected chi connectivity index (χ3v) is 8.59. The molecule has 2 atom stereocenters. The van der Waals surface area contributed by atoms with Crippen LogP contribution >= 0.6 is 0 Å². The molecule has 192 valence electrons. The molecule has 0 fully saturated rings. The van der Waals surface area contributed by atoms with Gasteiger partial charge in [0.25, 0.3) is 10.0 Å². The van der Waals surface area contributed by atoms with E-state index in [1.54, 1.807) is 61.7 Å². The maximum Gasteiger partial charge on any atom is 0.264 e. The Kier molecular flexibility index (Phi) is 7.30. The lowest BCUT2D eigenvalue weighted by Crippen LogP contribution is -2.39. The fraction of sp³-hybridized carbons (Fsp3) is 0.276. The number of fused-ring (bicyclic) bond motifs is 1. The summed E-state index contributed by atoms with van der Waals surface area (Å²) in [6.45, 7) is 0.118. The number of hydrogen-bond acceptors (Lipinski definition) is 5. The summed E-state index contributed by atoms with van der Waals surface area (Å²) in [5.41, 5.74) is 2.27. The number of nitrogens with zero attached hydrogens (tertiary/aromatic N) is 3. The minimum Gasteiger partial charge on any atom is -0.497 e. The Bertz CT molecular complexity index is 1480. The predicted octanol–water partition coefficient (Wildman–Crippen LogP) is 5.13. The number of aliphatic hydroxyl groups excluding tert-OH is 1. The van der Waals surface area contributed by atoms with Crippen LogP contribution in [0.15, 0.2) is 95.9 Å². The zero-order chi connectivity index (χ0) is 25.8. The third-order valence-electron chi connectivity index (χ3n) is 6.78. The Morgan fingerprint density at radius 2 is 1.76 bits per heavy atom. The molecule has 3 aromatic carbocycles. The molecule has 0 saturated heterocycles. The first-order valence-corrected chi connectivity index (χ1v) is 13.9. The standard InChI is InChI=1S/C29H31N3O4S/c1-36-25-18-16-23(17-19-25)32(37(34,35)26-12-6-3-7-13-26)21-24(33)20-31-28-15-9-8-14-27(28)30-29(31)22-10-4-2-5-11-22/h2-4,6-9,12-19,22,24,33H,5,10-11,20-21H2,1H3/t22-,24+/m1/s1. The number of rotatable bonds is 9. The van der Waals surface area contributed by atoms with Crippen LogP contribution in [0.5, 0.6) is 5.75 Å². The van der Waals surface area contributed by atoms with E-state index in [0.717, 1.165) is 36.1 Å². The molecule has 1 heterocycles. The molecule has 0 aliphatic heterocycles. The van der Waals surface area contributed by atoms with Crippen molar-refractivity contribution < 1.29 is 18.3 Å². The van der Waals surface area contributed by atoms with Gasteiger partial charge >= 0.3 is 0 Å². The van der Waals surface area contributed by atoms with E-state index in [1.165, 1.54) is 4.31 Å². The lowest BCUT2D eigenvalue weighted by atomic mass is 9.93. The van der Waals surface area contributed by atoms with Crippen molar-refractivity contribution in [2.45, 2.75) is 42.7 Å². The average Bonchev–Trinajstić information content (AvgIpc) is 3.31. The number of aliphatic hydroxyl groups is 1. The van der Waals surface area contributed by atoms with Gasteiger partial charge in [-0.3, -0.25) is 4.31 Å². The minimum absolute atomic E-state index is 0.111. The van der Waals surface area contributed by atoms with Crippen molar-refractivity contribution in [1.82, 2.24) is 9.55 Å². The average molecular weight is 518 g/mol. The van der Waals surface area contributed by atoms with E-state index in [1.807, 2.05) is 24.3 Å². The van der Waals surface area contributed by atoms with Gasteiger partial charge in [0.1, 0.15) is 11.6 Å². The first-order valence-electron chi connectivity index (χ1n) is 12.5. The van der Waals surface area contributed by atoms with Crippen LogP contribution in [-0.2, 0) is 16.6 Å². The molecule has 0 saturated carbocycles. The zero-order valence-corrected chi connectivity index (χ0v) is 21.6. The molecular weight excluding hydrogens is 486 g/mol. The van der Waals surface area contributed by atoms with E-state index >= 15 is 0 Å². The van der Waals surface area contributed by atoms with Gasteiger partial charge in [0, 0.05) is 5.92 Å². The first-order chi connectivity index (χ1) is 18.0. The molecule has 1 aliphatic carbocycles. The van der Waals surface area contributed by atoms with Crippen LogP contribution < -0.4 is 9.04 Å². The number of hydrogen-bond donors (Lipinski definition) is 1.